The lowest BCUT2D eigenvalue weighted by Crippen LogP contribution is -2.47. The number of nitrogens with two attached hydrogens (primary N) is 1. The van der Waals surface area contributed by atoms with Crippen molar-refractivity contribution < 1.29 is 14.7 Å². The predicted molar refractivity (Wildman–Crippen MR) is 195 cm³/mol. The van der Waals surface area contributed by atoms with Crippen LogP contribution < -0.4 is 27.2 Å². The molecule has 3 aromatic carbocycles. The van der Waals surface area contributed by atoms with Crippen molar-refractivity contribution in [3.05, 3.63) is 117 Å². The third-order valence-electron chi connectivity index (χ3n) is 9.84. The van der Waals surface area contributed by atoms with Crippen molar-refractivity contribution in [3.8, 4) is 33.4 Å². The Balaban J connectivity index is 1.12. The SMILES string of the molecule is Cc1c(-c2ccn3c(=O)c(CNC[C@@H]4CCC(=O)N4)cnc3c2)cccc1-c1cccc(-c2ccc3c(c2)C[C@@H](NC(=O)[C@H](N)CO)C3)c1Cl. The highest BCUT2D eigenvalue weighted by Gasteiger charge is 2.26. The Labute approximate surface area is 294 Å². The summed E-state index contributed by atoms with van der Waals surface area (Å²) >= 11 is 7.17. The van der Waals surface area contributed by atoms with Crippen LogP contribution in [0.15, 0.2) is 83.9 Å². The van der Waals surface area contributed by atoms with Crippen molar-refractivity contribution in [2.24, 2.45) is 5.73 Å². The molecule has 5 aromatic rings. The highest BCUT2D eigenvalue weighted by molar-refractivity contribution is 6.36. The lowest BCUT2D eigenvalue weighted by atomic mass is 9.91. The number of aromatic nitrogens is 2. The quantitative estimate of drug-likeness (QED) is 0.149. The summed E-state index contributed by atoms with van der Waals surface area (Å²) in [7, 11) is 0. The molecule has 7 rings (SSSR count). The average molecular weight is 691 g/mol. The Hall–Kier alpha value is -4.87. The van der Waals surface area contributed by atoms with Gasteiger partial charge in [-0.3, -0.25) is 18.8 Å². The van der Waals surface area contributed by atoms with E-state index < -0.39 is 12.6 Å². The molecular weight excluding hydrogens is 652 g/mol. The van der Waals surface area contributed by atoms with Crippen LogP contribution in [-0.2, 0) is 29.0 Å². The number of carbonyl (C=O) groups excluding carboxylic acids is 2. The van der Waals surface area contributed by atoms with E-state index in [2.05, 4.69) is 58.2 Å². The fourth-order valence-corrected chi connectivity index (χ4v) is 7.43. The van der Waals surface area contributed by atoms with Crippen LogP contribution in [0.25, 0.3) is 39.0 Å². The minimum Gasteiger partial charge on any atom is -0.394 e. The first kappa shape index (κ1) is 33.6. The number of hydrogen-bond donors (Lipinski definition) is 5. The van der Waals surface area contributed by atoms with E-state index in [0.29, 0.717) is 48.6 Å². The standard InChI is InChI=1S/C39H39ClN6O4/c1-22-30(25-12-13-46-35(17-25)43-19-27(39(46)50)18-42-20-28-10-11-36(48)44-28)4-2-5-31(22)33-7-3-6-32(37(33)40)24-9-8-23-15-29(16-26(23)14-24)45-38(49)34(41)21-47/h2-9,12-14,17,19,28-29,34,42,47H,10-11,15-16,18,20-21,41H2,1H3,(H,44,48)(H,45,49)/t28-,29-,34+/m0/s1. The van der Waals surface area contributed by atoms with Gasteiger partial charge < -0.3 is 26.8 Å². The van der Waals surface area contributed by atoms with Crippen molar-refractivity contribution in [2.75, 3.05) is 13.2 Å². The van der Waals surface area contributed by atoms with E-state index in [-0.39, 0.29) is 29.5 Å². The Bertz CT molecular complexity index is 2180. The highest BCUT2D eigenvalue weighted by Crippen LogP contribution is 2.41. The zero-order valence-corrected chi connectivity index (χ0v) is 28.5. The van der Waals surface area contributed by atoms with Gasteiger partial charge in [0, 0.05) is 60.7 Å². The number of pyridine rings is 1. The molecule has 6 N–H and O–H groups in total. The molecule has 256 valence electrons. The summed E-state index contributed by atoms with van der Waals surface area (Å²) in [5, 5.41) is 19.0. The van der Waals surface area contributed by atoms with E-state index in [1.807, 2.05) is 36.4 Å². The van der Waals surface area contributed by atoms with Crippen molar-refractivity contribution in [1.82, 2.24) is 25.3 Å². The van der Waals surface area contributed by atoms with Crippen molar-refractivity contribution in [1.29, 1.82) is 0 Å². The summed E-state index contributed by atoms with van der Waals surface area (Å²) in [6, 6.07) is 21.4. The second-order valence-electron chi connectivity index (χ2n) is 13.2. The number of aliphatic hydroxyl groups is 1. The van der Waals surface area contributed by atoms with Crippen molar-refractivity contribution in [2.45, 2.75) is 57.3 Å². The highest BCUT2D eigenvalue weighted by atomic mass is 35.5. The zero-order chi connectivity index (χ0) is 34.9. The number of benzene rings is 3. The topological polar surface area (TPSA) is 151 Å². The van der Waals surface area contributed by atoms with Crippen LogP contribution in [0.2, 0.25) is 5.02 Å². The maximum Gasteiger partial charge on any atom is 0.262 e. The molecule has 0 unspecified atom stereocenters. The molecule has 0 saturated carbocycles. The number of nitrogens with zero attached hydrogens (tertiary/aromatic N) is 2. The smallest absolute Gasteiger partial charge is 0.262 e. The fraction of sp³-hybridized carbons (Fsp3) is 0.282. The van der Waals surface area contributed by atoms with Crippen LogP contribution in [0.3, 0.4) is 0 Å². The summed E-state index contributed by atoms with van der Waals surface area (Å²) in [5.74, 6) is -0.280. The number of nitrogens with one attached hydrogen (secondary N) is 3. The summed E-state index contributed by atoms with van der Waals surface area (Å²) in [5.41, 5.74) is 15.8. The van der Waals surface area contributed by atoms with Gasteiger partial charge in [0.15, 0.2) is 0 Å². The van der Waals surface area contributed by atoms with Gasteiger partial charge in [0.05, 0.1) is 11.6 Å². The van der Waals surface area contributed by atoms with E-state index in [1.165, 1.54) is 5.56 Å². The second kappa shape index (κ2) is 14.2. The molecule has 1 aliphatic heterocycles. The molecule has 2 amide bonds. The zero-order valence-electron chi connectivity index (χ0n) is 27.7. The largest absolute Gasteiger partial charge is 0.394 e. The van der Waals surface area contributed by atoms with Gasteiger partial charge in [-0.1, -0.05) is 66.2 Å². The van der Waals surface area contributed by atoms with Gasteiger partial charge in [-0.15, -0.1) is 0 Å². The first-order chi connectivity index (χ1) is 24.2. The molecule has 0 bridgehead atoms. The van der Waals surface area contributed by atoms with Gasteiger partial charge in [-0.2, -0.15) is 0 Å². The van der Waals surface area contributed by atoms with Gasteiger partial charge in [-0.05, 0) is 77.3 Å². The molecule has 2 aromatic heterocycles. The number of aliphatic hydroxyl groups excluding tert-OH is 1. The molecule has 3 atom stereocenters. The maximum atomic E-state index is 13.3. The summed E-state index contributed by atoms with van der Waals surface area (Å²) in [6.07, 6.45) is 6.12. The lowest BCUT2D eigenvalue weighted by molar-refractivity contribution is -0.123. The van der Waals surface area contributed by atoms with Crippen LogP contribution in [0.4, 0.5) is 0 Å². The normalized spacial score (nSPS) is 17.5. The van der Waals surface area contributed by atoms with E-state index in [9.17, 15) is 19.5 Å². The average Bonchev–Trinajstić information content (AvgIpc) is 3.73. The molecule has 1 aliphatic carbocycles. The minimum atomic E-state index is -0.929. The number of carbonyl (C=O) groups is 2. The Morgan fingerprint density at radius 3 is 2.54 bits per heavy atom. The van der Waals surface area contributed by atoms with E-state index in [4.69, 9.17) is 17.3 Å². The summed E-state index contributed by atoms with van der Waals surface area (Å²) in [6.45, 7) is 2.66. The van der Waals surface area contributed by atoms with Gasteiger partial charge in [0.25, 0.3) is 5.56 Å². The molecule has 50 heavy (non-hydrogen) atoms. The van der Waals surface area contributed by atoms with Crippen LogP contribution in [-0.4, -0.2) is 57.6 Å². The molecule has 1 saturated heterocycles. The van der Waals surface area contributed by atoms with Crippen LogP contribution in [0, 0.1) is 6.92 Å². The van der Waals surface area contributed by atoms with Gasteiger partial charge >= 0.3 is 0 Å². The number of fused-ring (bicyclic) bond motifs is 2. The maximum absolute atomic E-state index is 13.3. The summed E-state index contributed by atoms with van der Waals surface area (Å²) < 4.78 is 1.56. The number of hydrogen-bond acceptors (Lipinski definition) is 7. The molecule has 11 heteroatoms. The predicted octanol–water partition coefficient (Wildman–Crippen LogP) is 3.93. The van der Waals surface area contributed by atoms with Crippen LogP contribution >= 0.6 is 11.6 Å². The third-order valence-corrected chi connectivity index (χ3v) is 10.2. The Kier molecular flexibility index (Phi) is 9.52. The fourth-order valence-electron chi connectivity index (χ4n) is 7.10. The van der Waals surface area contributed by atoms with E-state index in [1.54, 1.807) is 16.8 Å². The van der Waals surface area contributed by atoms with Crippen molar-refractivity contribution in [3.63, 3.8) is 0 Å². The van der Waals surface area contributed by atoms with E-state index in [0.717, 1.165) is 50.9 Å². The molecule has 3 heterocycles. The Morgan fingerprint density at radius 2 is 1.76 bits per heavy atom. The first-order valence-electron chi connectivity index (χ1n) is 16.9. The number of amides is 2. The second-order valence-corrected chi connectivity index (χ2v) is 13.6. The Morgan fingerprint density at radius 1 is 1.02 bits per heavy atom. The van der Waals surface area contributed by atoms with Gasteiger partial charge in [-0.25, -0.2) is 4.98 Å². The van der Waals surface area contributed by atoms with Crippen LogP contribution in [0.5, 0.6) is 0 Å². The molecule has 2 aliphatic rings. The molecule has 1 fully saturated rings. The van der Waals surface area contributed by atoms with Crippen molar-refractivity contribution >= 4 is 29.1 Å². The number of rotatable bonds is 10. The van der Waals surface area contributed by atoms with Gasteiger partial charge in [0.2, 0.25) is 11.8 Å². The van der Waals surface area contributed by atoms with Gasteiger partial charge in [0.1, 0.15) is 11.7 Å². The molecular formula is C39H39ClN6O4. The molecule has 0 radical (unpaired) electrons. The lowest BCUT2D eigenvalue weighted by Gasteiger charge is -2.16. The minimum absolute atomic E-state index is 0.0684. The summed E-state index contributed by atoms with van der Waals surface area (Å²) in [4.78, 5) is 41.6. The molecule has 0 spiro atoms. The first-order valence-corrected chi connectivity index (χ1v) is 17.3. The monoisotopic (exact) mass is 690 g/mol. The molecule has 10 nitrogen and oxygen atoms in total. The third kappa shape index (κ3) is 6.67. The van der Waals surface area contributed by atoms with E-state index >= 15 is 0 Å². The number of halogens is 1. The van der Waals surface area contributed by atoms with Crippen LogP contribution in [0.1, 0.15) is 35.1 Å².